The number of alkyl halides is 1. The number of carbonyl (C=O) groups is 3. The Balaban J connectivity index is 1.38. The number of nitrogens with zero attached hydrogens (tertiary/aromatic N) is 1. The Morgan fingerprint density at radius 2 is 1.93 bits per heavy atom. The first kappa shape index (κ1) is 29.6. The second kappa shape index (κ2) is 9.84. The summed E-state index contributed by atoms with van der Waals surface area (Å²) >= 11 is 0. The lowest BCUT2D eigenvalue weighted by Gasteiger charge is -2.62. The van der Waals surface area contributed by atoms with E-state index >= 15 is 4.39 Å². The number of halogens is 1. The fraction of sp³-hybridized carbons (Fsp3) is 0.750. The molecule has 1 saturated heterocycles. The smallest absolute Gasteiger partial charge is 0.434 e. The van der Waals surface area contributed by atoms with E-state index in [-0.39, 0.29) is 31.8 Å². The van der Waals surface area contributed by atoms with Crippen LogP contribution in [0, 0.1) is 32.8 Å². The topological polar surface area (TPSA) is 161 Å². The van der Waals surface area contributed by atoms with Gasteiger partial charge in [-0.05, 0) is 64.5 Å². The Kier molecular flexibility index (Phi) is 7.10. The summed E-state index contributed by atoms with van der Waals surface area (Å²) in [5, 5.41) is 20.8. The number of carbonyl (C=O) groups excluding carboxylic acids is 3. The number of aliphatic hydroxyl groups excluding tert-OH is 1. The molecule has 4 aliphatic carbocycles. The van der Waals surface area contributed by atoms with Crippen LogP contribution in [0.3, 0.4) is 0 Å². The zero-order chi connectivity index (χ0) is 30.0. The molecule has 0 bridgehead atoms. The number of hydrogen-bond acceptors (Lipinski definition) is 11. The third-order valence-electron chi connectivity index (χ3n) is 10.1. The average Bonchev–Trinajstić information content (AvgIpc) is 3.29. The van der Waals surface area contributed by atoms with E-state index in [2.05, 4.69) is 4.84 Å². The van der Waals surface area contributed by atoms with Crippen LogP contribution in [0.4, 0.5) is 9.18 Å². The molecule has 12 nitrogen and oxygen atoms in total. The van der Waals surface area contributed by atoms with Crippen molar-refractivity contribution in [3.05, 3.63) is 33.9 Å². The van der Waals surface area contributed by atoms with Gasteiger partial charge >= 0.3 is 6.16 Å². The highest BCUT2D eigenvalue weighted by atomic mass is 19.1. The third kappa shape index (κ3) is 4.30. The van der Waals surface area contributed by atoms with Crippen LogP contribution in [-0.2, 0) is 33.4 Å². The summed E-state index contributed by atoms with van der Waals surface area (Å²) in [6.07, 6.45) is 2.06. The monoisotopic (exact) mass is 581 g/mol. The maximum atomic E-state index is 17.4. The Hall–Kier alpha value is -2.90. The molecule has 13 heteroatoms. The zero-order valence-electron chi connectivity index (χ0n) is 23.6. The minimum absolute atomic E-state index is 0.0460. The van der Waals surface area contributed by atoms with E-state index in [1.54, 1.807) is 26.8 Å². The highest BCUT2D eigenvalue weighted by Crippen LogP contribution is 2.72. The molecule has 5 rings (SSSR count). The molecule has 1 N–H and O–H groups in total. The van der Waals surface area contributed by atoms with Crippen molar-refractivity contribution in [2.24, 2.45) is 22.7 Å². The summed E-state index contributed by atoms with van der Waals surface area (Å²) in [7, 11) is 0. The molecule has 4 fully saturated rings. The lowest BCUT2D eigenvalue weighted by molar-refractivity contribution is -0.757. The van der Waals surface area contributed by atoms with Crippen molar-refractivity contribution < 1.29 is 52.8 Å². The number of fused-ring (bicyclic) bond motifs is 7. The van der Waals surface area contributed by atoms with Crippen LogP contribution in [0.1, 0.15) is 59.8 Å². The van der Waals surface area contributed by atoms with Crippen molar-refractivity contribution in [2.45, 2.75) is 89.1 Å². The van der Waals surface area contributed by atoms with E-state index in [1.807, 2.05) is 6.92 Å². The van der Waals surface area contributed by atoms with E-state index < -0.39 is 75.6 Å². The van der Waals surface area contributed by atoms with Crippen LogP contribution >= 0.6 is 0 Å². The lowest BCUT2D eigenvalue weighted by Crippen LogP contribution is -2.70. The summed E-state index contributed by atoms with van der Waals surface area (Å²) < 4.78 is 40.0. The van der Waals surface area contributed by atoms with Gasteiger partial charge in [-0.2, -0.15) is 0 Å². The van der Waals surface area contributed by atoms with Gasteiger partial charge < -0.3 is 28.9 Å². The van der Waals surface area contributed by atoms with Crippen molar-refractivity contribution in [3.63, 3.8) is 0 Å². The van der Waals surface area contributed by atoms with E-state index in [0.717, 1.165) is 0 Å². The number of ketones is 2. The standard InChI is InChI=1S/C28H36FNO11/c1-24(2)40-22-13-19-18-7-6-16-12-17(31)8-9-25(16,3)27(18,29)20(32)14-26(19,4)28(22,41-24)21(33)15-38-23(34)37-10-5-11-39-30(35)36/h8-9,12,18-20,22,32H,5-7,10-11,13-15H2,1-4H3/t18?,19?,20-,22+,25-,26-,27-,28+/m0/s1. The molecule has 226 valence electrons. The van der Waals surface area contributed by atoms with Crippen LogP contribution in [0.15, 0.2) is 23.8 Å². The molecule has 0 aromatic carbocycles. The molecule has 0 amide bonds. The molecule has 1 aliphatic heterocycles. The number of rotatable bonds is 8. The predicted molar refractivity (Wildman–Crippen MR) is 136 cm³/mol. The minimum atomic E-state index is -2.09. The molecule has 8 atom stereocenters. The van der Waals surface area contributed by atoms with Gasteiger partial charge in [0.25, 0.3) is 5.09 Å². The summed E-state index contributed by atoms with van der Waals surface area (Å²) in [4.78, 5) is 52.5. The summed E-state index contributed by atoms with van der Waals surface area (Å²) in [6, 6.07) is 0. The lowest BCUT2D eigenvalue weighted by atomic mass is 9.44. The maximum absolute atomic E-state index is 17.4. The second-order valence-electron chi connectivity index (χ2n) is 12.6. The SMILES string of the molecule is CC1(C)O[C@@H]2CC3C4CCC5=CC(=O)C=C[C@]5(C)[C@@]4(F)[C@@H](O)C[C@]3(C)[C@]2(C(=O)COC(=O)OCCCO[N+](=O)[O-])O1. The van der Waals surface area contributed by atoms with Crippen molar-refractivity contribution in [3.8, 4) is 0 Å². The van der Waals surface area contributed by atoms with Crippen molar-refractivity contribution in [1.29, 1.82) is 0 Å². The van der Waals surface area contributed by atoms with Crippen molar-refractivity contribution in [1.82, 2.24) is 0 Å². The van der Waals surface area contributed by atoms with E-state index in [1.165, 1.54) is 12.2 Å². The van der Waals surface area contributed by atoms with Gasteiger partial charge in [-0.25, -0.2) is 9.18 Å². The molecule has 0 aromatic heterocycles. The molecule has 0 spiro atoms. The van der Waals surface area contributed by atoms with Crippen LogP contribution in [0.25, 0.3) is 0 Å². The van der Waals surface area contributed by atoms with Crippen LogP contribution < -0.4 is 0 Å². The Morgan fingerprint density at radius 1 is 1.20 bits per heavy atom. The fourth-order valence-corrected chi connectivity index (χ4v) is 8.44. The Labute approximate surface area is 236 Å². The van der Waals surface area contributed by atoms with E-state index in [0.29, 0.717) is 24.8 Å². The largest absolute Gasteiger partial charge is 0.508 e. The molecule has 0 radical (unpaired) electrons. The average molecular weight is 582 g/mol. The van der Waals surface area contributed by atoms with Gasteiger partial charge in [-0.3, -0.25) is 9.59 Å². The first-order valence-corrected chi connectivity index (χ1v) is 13.9. The zero-order valence-corrected chi connectivity index (χ0v) is 23.6. The van der Waals surface area contributed by atoms with Gasteiger partial charge in [0.2, 0.25) is 5.78 Å². The van der Waals surface area contributed by atoms with Gasteiger partial charge in [-0.1, -0.05) is 18.6 Å². The molecule has 2 unspecified atom stereocenters. The van der Waals surface area contributed by atoms with Gasteiger partial charge in [0.1, 0.15) is 0 Å². The molecular weight excluding hydrogens is 545 g/mol. The fourth-order valence-electron chi connectivity index (χ4n) is 8.44. The summed E-state index contributed by atoms with van der Waals surface area (Å²) in [5.74, 6) is -3.03. The molecule has 1 heterocycles. The molecular formula is C28H36FNO11. The van der Waals surface area contributed by atoms with Crippen molar-refractivity contribution >= 4 is 17.7 Å². The minimum Gasteiger partial charge on any atom is -0.434 e. The Bertz CT molecular complexity index is 1220. The first-order chi connectivity index (χ1) is 19.1. The number of aliphatic hydroxyl groups is 1. The molecule has 41 heavy (non-hydrogen) atoms. The second-order valence-corrected chi connectivity index (χ2v) is 12.6. The molecule has 5 aliphatic rings. The molecule has 0 aromatic rings. The van der Waals surface area contributed by atoms with Gasteiger partial charge in [0, 0.05) is 23.2 Å². The molecule has 3 saturated carbocycles. The first-order valence-electron chi connectivity index (χ1n) is 13.9. The van der Waals surface area contributed by atoms with Gasteiger partial charge in [0.05, 0.1) is 25.4 Å². The number of ether oxygens (including phenoxy) is 4. The summed E-state index contributed by atoms with van der Waals surface area (Å²) in [6.45, 7) is 5.67. The predicted octanol–water partition coefficient (Wildman–Crippen LogP) is 3.18. The van der Waals surface area contributed by atoms with E-state index in [4.69, 9.17) is 18.9 Å². The maximum Gasteiger partial charge on any atom is 0.508 e. The highest BCUT2D eigenvalue weighted by Gasteiger charge is 2.80. The quantitative estimate of drug-likeness (QED) is 0.194. The number of Topliss-reactive ketones (excluding diaryl/α,β-unsaturated/α-hetero) is 1. The van der Waals surface area contributed by atoms with Crippen LogP contribution in [0.2, 0.25) is 0 Å². The van der Waals surface area contributed by atoms with Gasteiger partial charge in [-0.15, -0.1) is 10.1 Å². The van der Waals surface area contributed by atoms with Crippen LogP contribution in [-0.4, -0.2) is 77.0 Å². The van der Waals surface area contributed by atoms with E-state index in [9.17, 15) is 29.6 Å². The van der Waals surface area contributed by atoms with Crippen LogP contribution in [0.5, 0.6) is 0 Å². The summed E-state index contributed by atoms with van der Waals surface area (Å²) in [5.41, 5.74) is -5.31. The third-order valence-corrected chi connectivity index (χ3v) is 10.1. The number of hydrogen-bond donors (Lipinski definition) is 1. The Morgan fingerprint density at radius 3 is 2.63 bits per heavy atom. The van der Waals surface area contributed by atoms with Crippen molar-refractivity contribution in [2.75, 3.05) is 19.8 Å². The normalized spacial score (nSPS) is 41.8. The number of allylic oxidation sites excluding steroid dienone is 4. The van der Waals surface area contributed by atoms with Gasteiger partial charge in [0.15, 0.2) is 29.4 Å². The highest BCUT2D eigenvalue weighted by molar-refractivity contribution is 6.01.